The van der Waals surface area contributed by atoms with E-state index in [9.17, 15) is 118 Å². The molecule has 0 bridgehead atoms. The molecule has 0 aromatic carbocycles. The Labute approximate surface area is 583 Å². The molecule has 0 aliphatic heterocycles. The van der Waals surface area contributed by atoms with E-state index in [1.165, 1.54) is 27.7 Å². The third kappa shape index (κ3) is 38.6. The van der Waals surface area contributed by atoms with Gasteiger partial charge in [-0.05, 0) is 50.4 Å². The summed E-state index contributed by atoms with van der Waals surface area (Å²) < 4.78 is 27.4. The van der Waals surface area contributed by atoms with Gasteiger partial charge in [-0.3, -0.25) is 67.1 Å². The summed E-state index contributed by atoms with van der Waals surface area (Å²) >= 11 is 0. The monoisotopic (exact) mass is 1450 g/mol. The van der Waals surface area contributed by atoms with Crippen LogP contribution in [0.4, 0.5) is 0 Å². The number of carbonyl (C=O) groups excluding carboxylic acids is 10. The lowest BCUT2D eigenvalue weighted by atomic mass is 9.97. The first-order chi connectivity index (χ1) is 47.3. The van der Waals surface area contributed by atoms with Gasteiger partial charge in [0.25, 0.3) is 0 Å². The summed E-state index contributed by atoms with van der Waals surface area (Å²) in [6.07, 6.45) is -7.75. The van der Waals surface area contributed by atoms with Crippen LogP contribution < -0.4 is 53.2 Å². The maximum Gasteiger partial charge on any atom is 0.326 e. The van der Waals surface area contributed by atoms with Gasteiger partial charge < -0.3 is 118 Å². The molecule has 0 saturated carbocycles. The number of amides is 10. The molecule has 0 fully saturated rings. The van der Waals surface area contributed by atoms with E-state index >= 15 is 0 Å². The first kappa shape index (κ1) is 92.2. The lowest BCUT2D eigenvalue weighted by Crippen LogP contribution is -2.61. The van der Waals surface area contributed by atoms with Crippen molar-refractivity contribution in [2.75, 3.05) is 66.1 Å². The molecular formula is C62H104N10O29. The summed E-state index contributed by atoms with van der Waals surface area (Å²) in [7, 11) is 0. The fourth-order valence-corrected chi connectivity index (χ4v) is 8.95. The van der Waals surface area contributed by atoms with Gasteiger partial charge in [0.2, 0.25) is 59.1 Å². The number of hydrogen-bond donors (Lipinski definition) is 18. The van der Waals surface area contributed by atoms with Crippen molar-refractivity contribution in [3.8, 4) is 0 Å². The van der Waals surface area contributed by atoms with E-state index in [2.05, 4.69) is 53.2 Å². The summed E-state index contributed by atoms with van der Waals surface area (Å²) in [6, 6.07) is -16.5. The Bertz CT molecular complexity index is 2560. The van der Waals surface area contributed by atoms with Crippen LogP contribution in [0.25, 0.3) is 0 Å². The highest BCUT2D eigenvalue weighted by molar-refractivity contribution is 5.99. The minimum absolute atomic E-state index is 0.0618. The van der Waals surface area contributed by atoms with Gasteiger partial charge in [0, 0.05) is 25.7 Å². The predicted octanol–water partition coefficient (Wildman–Crippen LogP) is -4.29. The van der Waals surface area contributed by atoms with Crippen LogP contribution in [0.5, 0.6) is 0 Å². The summed E-state index contributed by atoms with van der Waals surface area (Å²) in [5.74, 6) is -21.6. The van der Waals surface area contributed by atoms with E-state index in [0.717, 1.165) is 13.8 Å². The molecular weight excluding hydrogens is 1350 g/mol. The standard InChI is InChI=1S/C62H104N10O29/c1-11-33(7)49(57(89)63-37(13-15-43(77)78)53(85)71-51(35(9)73)59(91)65-39(29-45(81)82)55(87)69-47(31(3)4)61(93)94)67-41(75)17-19-97-21-23-99-25-27-101-28-26-100-24-22-98-20-18-42(76)68-50(34(8)12-2)58(90)64-38(14-16-44(79)80)54(86)72-52(36(10)74)60(92)66-40(30-46(83)84)56(88)70-48(32(5)6)62(95)96/h31-40,47-52,73-74H,11-30H2,1-10H3,(H,63,89)(H,64,90)(H,65,91)(H,66,92)(H,67,75)(H,68,76)(H,69,87)(H,70,88)(H,71,85)(H,72,86)(H,77,78)(H,79,80)(H,81,82)(H,83,84)(H,93,94)(H,95,96)/t33-,34-,35+,36+,37-,38-,39-,40-,47-,48-,49-,50-,51-,52-/m0/s1. The molecule has 0 aliphatic carbocycles. The average Bonchev–Trinajstić information content (AvgIpc) is 0.852. The van der Waals surface area contributed by atoms with Crippen molar-refractivity contribution in [2.24, 2.45) is 23.7 Å². The molecule has 10 amide bonds. The number of carboxylic acid groups (broad SMARTS) is 6. The molecule has 39 nitrogen and oxygen atoms in total. The molecule has 0 radical (unpaired) electrons. The highest BCUT2D eigenvalue weighted by Gasteiger charge is 2.39. The molecule has 0 spiro atoms. The Kier molecular flexibility index (Phi) is 45.4. The zero-order valence-corrected chi connectivity index (χ0v) is 58.5. The summed E-state index contributed by atoms with van der Waals surface area (Å²) in [4.78, 5) is 203. The van der Waals surface area contributed by atoms with Crippen molar-refractivity contribution < 1.29 is 141 Å². The zero-order valence-electron chi connectivity index (χ0n) is 58.5. The molecule has 0 rings (SSSR count). The normalized spacial score (nSPS) is 15.4. The second-order valence-electron chi connectivity index (χ2n) is 24.3. The molecule has 0 heterocycles. The molecule has 0 aromatic rings. The third-order valence-electron chi connectivity index (χ3n) is 15.2. The summed E-state index contributed by atoms with van der Waals surface area (Å²) in [5, 5.41) is 100. The van der Waals surface area contributed by atoms with Gasteiger partial charge in [-0.2, -0.15) is 0 Å². The molecule has 0 aliphatic rings. The lowest BCUT2D eigenvalue weighted by Gasteiger charge is -2.29. The number of nitrogens with one attached hydrogen (secondary N) is 10. The Morgan fingerprint density at radius 2 is 0.535 bits per heavy atom. The van der Waals surface area contributed by atoms with E-state index in [1.807, 2.05) is 0 Å². The second kappa shape index (κ2) is 49.7. The van der Waals surface area contributed by atoms with Crippen LogP contribution in [0, 0.1) is 23.7 Å². The number of aliphatic hydroxyl groups excluding tert-OH is 2. The van der Waals surface area contributed by atoms with Gasteiger partial charge in [0.1, 0.15) is 60.4 Å². The number of aliphatic carboxylic acids is 6. The number of ether oxygens (including phenoxy) is 5. The van der Waals surface area contributed by atoms with E-state index in [-0.39, 0.29) is 78.9 Å². The summed E-state index contributed by atoms with van der Waals surface area (Å²) in [5.41, 5.74) is 0. The molecule has 0 aromatic heterocycles. The Hall–Kier alpha value is -8.76. The zero-order chi connectivity index (χ0) is 77.2. The smallest absolute Gasteiger partial charge is 0.326 e. The lowest BCUT2D eigenvalue weighted by molar-refractivity contribution is -0.145. The predicted molar refractivity (Wildman–Crippen MR) is 348 cm³/mol. The minimum Gasteiger partial charge on any atom is -0.481 e. The van der Waals surface area contributed by atoms with E-state index in [1.54, 1.807) is 27.7 Å². The number of carboxylic acids is 6. The van der Waals surface area contributed by atoms with Crippen LogP contribution in [0.2, 0.25) is 0 Å². The van der Waals surface area contributed by atoms with Crippen molar-refractivity contribution in [1.82, 2.24) is 53.2 Å². The molecule has 39 heteroatoms. The Morgan fingerprint density at radius 3 is 0.772 bits per heavy atom. The van der Waals surface area contributed by atoms with Crippen LogP contribution >= 0.6 is 0 Å². The summed E-state index contributed by atoms with van der Waals surface area (Å²) in [6.45, 7) is 15.4. The Morgan fingerprint density at radius 1 is 0.287 bits per heavy atom. The first-order valence-corrected chi connectivity index (χ1v) is 32.9. The number of hydrogen-bond acceptors (Lipinski definition) is 23. The maximum atomic E-state index is 13.7. The molecule has 101 heavy (non-hydrogen) atoms. The average molecular weight is 1450 g/mol. The fourth-order valence-electron chi connectivity index (χ4n) is 8.95. The van der Waals surface area contributed by atoms with Gasteiger partial charge in [0.15, 0.2) is 0 Å². The maximum absolute atomic E-state index is 13.7. The topological polar surface area (TPSA) is 601 Å². The second-order valence-corrected chi connectivity index (χ2v) is 24.3. The van der Waals surface area contributed by atoms with Crippen molar-refractivity contribution >= 4 is 94.9 Å². The van der Waals surface area contributed by atoms with Crippen molar-refractivity contribution in [2.45, 2.75) is 206 Å². The van der Waals surface area contributed by atoms with E-state index in [4.69, 9.17) is 23.7 Å². The van der Waals surface area contributed by atoms with Crippen molar-refractivity contribution in [1.29, 1.82) is 0 Å². The molecule has 0 saturated heterocycles. The quantitative estimate of drug-likeness (QED) is 0.0256. The molecule has 576 valence electrons. The van der Waals surface area contributed by atoms with Crippen LogP contribution in [0.3, 0.4) is 0 Å². The largest absolute Gasteiger partial charge is 0.481 e. The molecule has 0 unspecified atom stereocenters. The highest BCUT2D eigenvalue weighted by Crippen LogP contribution is 2.14. The van der Waals surface area contributed by atoms with E-state index in [0.29, 0.717) is 12.8 Å². The highest BCUT2D eigenvalue weighted by atomic mass is 16.6. The number of rotatable bonds is 56. The van der Waals surface area contributed by atoms with Gasteiger partial charge in [-0.25, -0.2) is 9.59 Å². The minimum atomic E-state index is -1.92. The van der Waals surface area contributed by atoms with E-state index < -0.39 is 230 Å². The van der Waals surface area contributed by atoms with Crippen molar-refractivity contribution in [3.05, 3.63) is 0 Å². The third-order valence-corrected chi connectivity index (χ3v) is 15.2. The first-order valence-electron chi connectivity index (χ1n) is 32.9. The van der Waals surface area contributed by atoms with Gasteiger partial charge >= 0.3 is 35.8 Å². The van der Waals surface area contributed by atoms with Gasteiger partial charge in [-0.15, -0.1) is 0 Å². The van der Waals surface area contributed by atoms with Crippen molar-refractivity contribution in [3.63, 3.8) is 0 Å². The van der Waals surface area contributed by atoms with Crippen LogP contribution in [-0.2, 0) is 100 Å². The fraction of sp³-hybridized carbons (Fsp3) is 0.742. The van der Waals surface area contributed by atoms with Crippen LogP contribution in [0.15, 0.2) is 0 Å². The Balaban J connectivity index is 5.17. The van der Waals surface area contributed by atoms with Crippen LogP contribution in [-0.4, -0.2) is 274 Å². The SMILES string of the molecule is CC[C@H](C)[C@H](NC(=O)CCOCCOCCOCCOCCOCCC(=O)N[C@H](C(=O)N[C@@H](CCC(=O)O)C(=O)N[C@H](C(=O)N[C@@H](CC(=O)O)C(=O)N[C@H](C(=O)O)C(C)C)[C@@H](C)O)[C@@H](C)CC)C(=O)N[C@@H](CCC(=O)O)C(=O)N[C@H](C(=O)N[C@@H](CC(=O)O)C(=O)N[C@H](C(=O)O)C(C)C)[C@@H](C)O. The van der Waals surface area contributed by atoms with Crippen LogP contribution in [0.1, 0.15) is 133 Å². The molecule has 14 atom stereocenters. The van der Waals surface area contributed by atoms with Gasteiger partial charge in [0.05, 0.1) is 91.1 Å². The molecule has 18 N–H and O–H groups in total. The van der Waals surface area contributed by atoms with Gasteiger partial charge in [-0.1, -0.05) is 68.2 Å². The number of aliphatic hydroxyl groups is 2. The number of carbonyl (C=O) groups is 16.